The average Bonchev–Trinajstić information content (AvgIpc) is 2.49. The van der Waals surface area contributed by atoms with Gasteiger partial charge in [-0.25, -0.2) is 4.79 Å². The minimum absolute atomic E-state index is 0.0455. The van der Waals surface area contributed by atoms with Crippen LogP contribution in [0.25, 0.3) is 0 Å². The molecule has 1 heterocycles. The summed E-state index contributed by atoms with van der Waals surface area (Å²) in [4.78, 5) is 28.6. The van der Waals surface area contributed by atoms with E-state index in [1.165, 1.54) is 11.4 Å². The monoisotopic (exact) mass is 222 g/mol. The maximum atomic E-state index is 11.0. The van der Waals surface area contributed by atoms with Crippen molar-refractivity contribution in [1.29, 1.82) is 0 Å². The van der Waals surface area contributed by atoms with E-state index in [-0.39, 0.29) is 10.2 Å². The molecule has 13 heavy (non-hydrogen) atoms. The van der Waals surface area contributed by atoms with Gasteiger partial charge in [-0.1, -0.05) is 0 Å². The Kier molecular flexibility index (Phi) is 2.87. The summed E-state index contributed by atoms with van der Waals surface area (Å²) in [6.45, 7) is 0. The lowest BCUT2D eigenvalue weighted by Crippen LogP contribution is -2.12. The maximum Gasteiger partial charge on any atom is 0.357 e. The van der Waals surface area contributed by atoms with Gasteiger partial charge in [0.1, 0.15) is 4.88 Å². The van der Waals surface area contributed by atoms with Crippen LogP contribution in [0.4, 0.5) is 0 Å². The zero-order valence-electron chi connectivity index (χ0n) is 6.63. The quantitative estimate of drug-likeness (QED) is 0.556. The molecule has 0 fully saturated rings. The SMILES string of the molecule is COC(=O)c1sccc1P(=O)(O)O. The van der Waals surface area contributed by atoms with Gasteiger partial charge >= 0.3 is 13.6 Å². The first-order valence-corrected chi connectivity index (χ1v) is 5.68. The van der Waals surface area contributed by atoms with Crippen molar-refractivity contribution in [2.24, 2.45) is 0 Å². The molecule has 0 unspecified atom stereocenters. The minimum atomic E-state index is -4.37. The second-order valence-corrected chi connectivity index (χ2v) is 4.66. The Hall–Kier alpha value is -0.680. The number of esters is 1. The zero-order chi connectivity index (χ0) is 10.1. The number of rotatable bonds is 2. The Bertz CT molecular complexity index is 365. The lowest BCUT2D eigenvalue weighted by Gasteiger charge is -2.02. The fourth-order valence-corrected chi connectivity index (χ4v) is 2.73. The summed E-state index contributed by atoms with van der Waals surface area (Å²) in [5.74, 6) is -0.728. The van der Waals surface area contributed by atoms with Crippen molar-refractivity contribution in [2.75, 3.05) is 7.11 Å². The fourth-order valence-electron chi connectivity index (χ4n) is 0.777. The molecule has 72 valence electrons. The molecular formula is C6H7O5PS. The van der Waals surface area contributed by atoms with Crippen molar-refractivity contribution in [2.45, 2.75) is 0 Å². The maximum absolute atomic E-state index is 11.0. The molecule has 0 atom stereocenters. The third-order valence-corrected chi connectivity index (χ3v) is 3.38. The van der Waals surface area contributed by atoms with Crippen LogP contribution in [0.5, 0.6) is 0 Å². The number of hydrogen-bond acceptors (Lipinski definition) is 4. The normalized spacial score (nSPS) is 11.3. The van der Waals surface area contributed by atoms with Gasteiger partial charge in [0.05, 0.1) is 12.4 Å². The molecule has 0 aliphatic heterocycles. The highest BCUT2D eigenvalue weighted by Crippen LogP contribution is 2.36. The van der Waals surface area contributed by atoms with Gasteiger partial charge in [0.2, 0.25) is 0 Å². The summed E-state index contributed by atoms with van der Waals surface area (Å²) in [5, 5.41) is 1.16. The summed E-state index contributed by atoms with van der Waals surface area (Å²) >= 11 is 0.942. The molecule has 0 aliphatic carbocycles. The van der Waals surface area contributed by atoms with E-state index in [0.29, 0.717) is 0 Å². The molecule has 0 saturated carbocycles. The van der Waals surface area contributed by atoms with Crippen LogP contribution in [-0.4, -0.2) is 22.9 Å². The van der Waals surface area contributed by atoms with Gasteiger partial charge in [-0.15, -0.1) is 11.3 Å². The first-order chi connectivity index (χ1) is 5.96. The number of carbonyl (C=O) groups is 1. The van der Waals surface area contributed by atoms with Gasteiger partial charge < -0.3 is 14.5 Å². The van der Waals surface area contributed by atoms with E-state index >= 15 is 0 Å². The van der Waals surface area contributed by atoms with Crippen molar-refractivity contribution >= 4 is 30.2 Å². The van der Waals surface area contributed by atoms with Crippen molar-refractivity contribution in [1.82, 2.24) is 0 Å². The first-order valence-electron chi connectivity index (χ1n) is 3.18. The Morgan fingerprint density at radius 3 is 2.69 bits per heavy atom. The third kappa shape index (κ3) is 2.16. The molecule has 1 rings (SSSR count). The van der Waals surface area contributed by atoms with Crippen molar-refractivity contribution in [3.8, 4) is 0 Å². The van der Waals surface area contributed by atoms with Crippen LogP contribution in [0.2, 0.25) is 0 Å². The summed E-state index contributed by atoms with van der Waals surface area (Å²) in [6, 6.07) is 1.22. The summed E-state index contributed by atoms with van der Waals surface area (Å²) in [6.07, 6.45) is 0. The fraction of sp³-hybridized carbons (Fsp3) is 0.167. The molecule has 5 nitrogen and oxygen atoms in total. The van der Waals surface area contributed by atoms with Gasteiger partial charge in [0.25, 0.3) is 0 Å². The van der Waals surface area contributed by atoms with Crippen molar-refractivity contribution in [3.63, 3.8) is 0 Å². The second-order valence-electron chi connectivity index (χ2n) is 2.17. The van der Waals surface area contributed by atoms with Crippen LogP contribution in [0.3, 0.4) is 0 Å². The summed E-state index contributed by atoms with van der Waals surface area (Å²) in [7, 11) is -3.21. The average molecular weight is 222 g/mol. The van der Waals surface area contributed by atoms with Gasteiger partial charge in [-0.2, -0.15) is 0 Å². The molecule has 1 aromatic rings. The van der Waals surface area contributed by atoms with Crippen LogP contribution in [0, 0.1) is 0 Å². The molecule has 0 amide bonds. The molecular weight excluding hydrogens is 215 g/mol. The highest BCUT2D eigenvalue weighted by Gasteiger charge is 2.26. The predicted molar refractivity (Wildman–Crippen MR) is 47.3 cm³/mol. The highest BCUT2D eigenvalue weighted by atomic mass is 32.1. The zero-order valence-corrected chi connectivity index (χ0v) is 8.34. The molecule has 0 aliphatic rings. The van der Waals surface area contributed by atoms with Crippen LogP contribution in [-0.2, 0) is 9.30 Å². The van der Waals surface area contributed by atoms with Gasteiger partial charge in [0, 0.05) is 0 Å². The van der Waals surface area contributed by atoms with Crippen LogP contribution < -0.4 is 5.30 Å². The summed E-state index contributed by atoms with van der Waals surface area (Å²) in [5.41, 5.74) is 0. The first kappa shape index (κ1) is 10.4. The molecule has 0 bridgehead atoms. The van der Waals surface area contributed by atoms with E-state index < -0.39 is 13.6 Å². The molecule has 0 saturated heterocycles. The standard InChI is InChI=1S/C6H7O5PS/c1-11-6(7)5-4(2-3-13-5)12(8,9)10/h2-3H,1H3,(H2,8,9,10). The topological polar surface area (TPSA) is 83.8 Å². The molecule has 0 spiro atoms. The largest absolute Gasteiger partial charge is 0.465 e. The smallest absolute Gasteiger partial charge is 0.357 e. The number of methoxy groups -OCH3 is 1. The molecule has 7 heteroatoms. The Morgan fingerprint density at radius 2 is 2.23 bits per heavy atom. The Balaban J connectivity index is 3.18. The molecule has 0 aromatic carbocycles. The summed E-state index contributed by atoms with van der Waals surface area (Å²) < 4.78 is 15.2. The van der Waals surface area contributed by atoms with E-state index in [4.69, 9.17) is 9.79 Å². The second kappa shape index (κ2) is 3.59. The number of hydrogen-bond donors (Lipinski definition) is 2. The highest BCUT2D eigenvalue weighted by molar-refractivity contribution is 7.61. The molecule has 1 aromatic heterocycles. The number of thiophene rings is 1. The Morgan fingerprint density at radius 1 is 1.62 bits per heavy atom. The lowest BCUT2D eigenvalue weighted by molar-refractivity contribution is 0.0607. The van der Waals surface area contributed by atoms with E-state index in [0.717, 1.165) is 18.4 Å². The van der Waals surface area contributed by atoms with Crippen LogP contribution >= 0.6 is 18.9 Å². The number of carbonyl (C=O) groups excluding carboxylic acids is 1. The van der Waals surface area contributed by atoms with Crippen molar-refractivity contribution in [3.05, 3.63) is 16.3 Å². The van der Waals surface area contributed by atoms with Gasteiger partial charge in [-0.05, 0) is 11.4 Å². The van der Waals surface area contributed by atoms with E-state index in [1.807, 2.05) is 0 Å². The van der Waals surface area contributed by atoms with E-state index in [9.17, 15) is 9.36 Å². The van der Waals surface area contributed by atoms with E-state index in [2.05, 4.69) is 4.74 Å². The molecule has 0 radical (unpaired) electrons. The minimum Gasteiger partial charge on any atom is -0.465 e. The van der Waals surface area contributed by atoms with E-state index in [1.54, 1.807) is 0 Å². The van der Waals surface area contributed by atoms with Crippen LogP contribution in [0.1, 0.15) is 9.67 Å². The molecule has 2 N–H and O–H groups in total. The predicted octanol–water partition coefficient (Wildman–Crippen LogP) is 0.338. The van der Waals surface area contributed by atoms with Crippen LogP contribution in [0.15, 0.2) is 11.4 Å². The van der Waals surface area contributed by atoms with Gasteiger partial charge in [-0.3, -0.25) is 4.57 Å². The van der Waals surface area contributed by atoms with Crippen molar-refractivity contribution < 1.29 is 23.9 Å². The third-order valence-electron chi connectivity index (χ3n) is 1.33. The van der Waals surface area contributed by atoms with Gasteiger partial charge in [0.15, 0.2) is 0 Å². The number of ether oxygens (including phenoxy) is 1. The lowest BCUT2D eigenvalue weighted by atomic mass is 10.5. The Labute approximate surface area is 78.1 Å².